The molecule has 7 heteroatoms. The second-order valence-corrected chi connectivity index (χ2v) is 6.79. The minimum absolute atomic E-state index is 0.0560. The third kappa shape index (κ3) is 3.46. The average Bonchev–Trinajstić information content (AvgIpc) is 3.19. The number of para-hydroxylation sites is 1. The predicted molar refractivity (Wildman–Crippen MR) is 83.6 cm³/mol. The van der Waals surface area contributed by atoms with Gasteiger partial charge in [-0.3, -0.25) is 0 Å². The summed E-state index contributed by atoms with van der Waals surface area (Å²) in [6.07, 6.45) is 4.23. The van der Waals surface area contributed by atoms with Crippen molar-refractivity contribution < 1.29 is 14.7 Å². The Morgan fingerprint density at radius 1 is 1.45 bits per heavy atom. The summed E-state index contributed by atoms with van der Waals surface area (Å²) >= 11 is 5.00. The molecule has 0 unspecified atom stereocenters. The standard InChI is InChI=1S/C13H15BrN2O3S/c1-20-13(5-6-13)7-15-12(19)16-10-8(11(17)18)3-2-4-9(10)14/h2-4H,5-7H2,1H3,(H,17,18)(H2,15,16,19). The number of hydrogen-bond donors (Lipinski definition) is 3. The molecule has 0 saturated heterocycles. The summed E-state index contributed by atoms with van der Waals surface area (Å²) < 4.78 is 0.708. The number of aromatic carboxylic acids is 1. The molecule has 1 aromatic carbocycles. The van der Waals surface area contributed by atoms with Gasteiger partial charge >= 0.3 is 12.0 Å². The molecule has 108 valence electrons. The first kappa shape index (κ1) is 15.2. The van der Waals surface area contributed by atoms with Crippen LogP contribution in [0.25, 0.3) is 0 Å². The van der Waals surface area contributed by atoms with Crippen LogP contribution in [-0.4, -0.2) is 34.7 Å². The van der Waals surface area contributed by atoms with Crippen molar-refractivity contribution in [3.8, 4) is 0 Å². The minimum Gasteiger partial charge on any atom is -0.478 e. The molecule has 0 radical (unpaired) electrons. The van der Waals surface area contributed by atoms with Crippen LogP contribution in [0.1, 0.15) is 23.2 Å². The SMILES string of the molecule is CSC1(CNC(=O)Nc2c(Br)cccc2C(=O)O)CC1. The van der Waals surface area contributed by atoms with Gasteiger partial charge in [-0.05, 0) is 47.2 Å². The largest absolute Gasteiger partial charge is 0.478 e. The Morgan fingerprint density at radius 2 is 2.15 bits per heavy atom. The van der Waals surface area contributed by atoms with Gasteiger partial charge in [0.2, 0.25) is 0 Å². The molecule has 3 N–H and O–H groups in total. The zero-order chi connectivity index (χ0) is 14.8. The maximum absolute atomic E-state index is 11.9. The first-order valence-electron chi connectivity index (χ1n) is 6.09. The summed E-state index contributed by atoms with van der Waals surface area (Å²) in [7, 11) is 0. The van der Waals surface area contributed by atoms with Crippen molar-refractivity contribution in [2.24, 2.45) is 0 Å². The van der Waals surface area contributed by atoms with Crippen LogP contribution < -0.4 is 10.6 Å². The van der Waals surface area contributed by atoms with E-state index in [2.05, 4.69) is 26.6 Å². The maximum Gasteiger partial charge on any atom is 0.337 e. The topological polar surface area (TPSA) is 78.4 Å². The van der Waals surface area contributed by atoms with Crippen molar-refractivity contribution in [2.75, 3.05) is 18.1 Å². The number of nitrogens with one attached hydrogen (secondary N) is 2. The maximum atomic E-state index is 11.9. The summed E-state index contributed by atoms with van der Waals surface area (Å²) in [6, 6.07) is 4.36. The van der Waals surface area contributed by atoms with E-state index in [1.807, 2.05) is 6.26 Å². The highest BCUT2D eigenvalue weighted by atomic mass is 79.9. The number of hydrogen-bond acceptors (Lipinski definition) is 3. The fraction of sp³-hybridized carbons (Fsp3) is 0.385. The number of anilines is 1. The number of rotatable bonds is 5. The number of urea groups is 1. The molecule has 1 aromatic rings. The van der Waals surface area contributed by atoms with Crippen molar-refractivity contribution in [1.29, 1.82) is 0 Å². The van der Waals surface area contributed by atoms with Crippen molar-refractivity contribution in [3.63, 3.8) is 0 Å². The van der Waals surface area contributed by atoms with E-state index in [9.17, 15) is 9.59 Å². The first-order valence-corrected chi connectivity index (χ1v) is 8.11. The fourth-order valence-electron chi connectivity index (χ4n) is 1.82. The molecule has 0 bridgehead atoms. The fourth-order valence-corrected chi connectivity index (χ4v) is 3.01. The Hall–Kier alpha value is -1.21. The molecule has 1 aliphatic carbocycles. The van der Waals surface area contributed by atoms with Crippen molar-refractivity contribution in [2.45, 2.75) is 17.6 Å². The summed E-state index contributed by atoms with van der Waals surface area (Å²) in [6.45, 7) is 0.590. The van der Waals surface area contributed by atoms with Crippen LogP contribution in [0.3, 0.4) is 0 Å². The molecule has 5 nitrogen and oxygen atoms in total. The lowest BCUT2D eigenvalue weighted by Gasteiger charge is -2.15. The second kappa shape index (κ2) is 6.05. The predicted octanol–water partition coefficient (Wildman–Crippen LogP) is 3.16. The molecule has 2 rings (SSSR count). The Bertz CT molecular complexity index is 546. The van der Waals surface area contributed by atoms with Gasteiger partial charge in [0.15, 0.2) is 0 Å². The monoisotopic (exact) mass is 358 g/mol. The smallest absolute Gasteiger partial charge is 0.337 e. The lowest BCUT2D eigenvalue weighted by molar-refractivity contribution is 0.0698. The molecule has 0 spiro atoms. The number of carboxylic acids is 1. The summed E-state index contributed by atoms with van der Waals surface area (Å²) in [5.41, 5.74) is 0.326. The second-order valence-electron chi connectivity index (χ2n) is 4.66. The van der Waals surface area contributed by atoms with Gasteiger partial charge in [0.25, 0.3) is 0 Å². The Labute approximate surface area is 129 Å². The summed E-state index contributed by atoms with van der Waals surface area (Å²) in [5.74, 6) is -1.08. The van der Waals surface area contributed by atoms with E-state index in [4.69, 9.17) is 5.11 Å². The lowest BCUT2D eigenvalue weighted by atomic mass is 10.2. The van der Waals surface area contributed by atoms with Gasteiger partial charge < -0.3 is 15.7 Å². The first-order chi connectivity index (χ1) is 9.47. The van der Waals surface area contributed by atoms with Crippen LogP contribution in [0.15, 0.2) is 22.7 Å². The number of carbonyl (C=O) groups is 2. The van der Waals surface area contributed by atoms with Crippen LogP contribution >= 0.6 is 27.7 Å². The molecule has 0 aromatic heterocycles. The molecule has 1 fully saturated rings. The molecule has 0 aliphatic heterocycles. The Balaban J connectivity index is 2.02. The molecule has 0 atom stereocenters. The van der Waals surface area contributed by atoms with Crippen molar-refractivity contribution in [1.82, 2.24) is 5.32 Å². The number of amides is 2. The molecular weight excluding hydrogens is 344 g/mol. The van der Waals surface area contributed by atoms with Gasteiger partial charge in [-0.15, -0.1) is 0 Å². The van der Waals surface area contributed by atoms with Gasteiger partial charge in [0.05, 0.1) is 11.3 Å². The summed E-state index contributed by atoms with van der Waals surface area (Å²) in [5, 5.41) is 14.5. The minimum atomic E-state index is -1.08. The highest BCUT2D eigenvalue weighted by molar-refractivity contribution is 9.10. The third-order valence-corrected chi connectivity index (χ3v) is 5.37. The Kier molecular flexibility index (Phi) is 4.59. The number of halogens is 1. The molecule has 1 saturated carbocycles. The van der Waals surface area contributed by atoms with Crippen LogP contribution in [0.2, 0.25) is 0 Å². The number of carboxylic acid groups (broad SMARTS) is 1. The average molecular weight is 359 g/mol. The summed E-state index contributed by atoms with van der Waals surface area (Å²) in [4.78, 5) is 23.0. The highest BCUT2D eigenvalue weighted by Crippen LogP contribution is 2.46. The molecule has 0 heterocycles. The van der Waals surface area contributed by atoms with Crippen molar-refractivity contribution in [3.05, 3.63) is 28.2 Å². The lowest BCUT2D eigenvalue weighted by Crippen LogP contribution is -2.35. The number of benzene rings is 1. The zero-order valence-electron chi connectivity index (χ0n) is 10.9. The van der Waals surface area contributed by atoms with E-state index < -0.39 is 5.97 Å². The van der Waals surface area contributed by atoms with E-state index in [0.717, 1.165) is 12.8 Å². The van der Waals surface area contributed by atoms with E-state index >= 15 is 0 Å². The normalized spacial score (nSPS) is 15.5. The van der Waals surface area contributed by atoms with Crippen LogP contribution in [0.5, 0.6) is 0 Å². The molecular formula is C13H15BrN2O3S. The molecule has 1 aliphatic rings. The molecule has 20 heavy (non-hydrogen) atoms. The van der Waals surface area contributed by atoms with Crippen LogP contribution in [0.4, 0.5) is 10.5 Å². The van der Waals surface area contributed by atoms with E-state index in [-0.39, 0.29) is 22.0 Å². The van der Waals surface area contributed by atoms with Crippen LogP contribution in [0, 0.1) is 0 Å². The van der Waals surface area contributed by atoms with Gasteiger partial charge in [0.1, 0.15) is 0 Å². The van der Waals surface area contributed by atoms with E-state index in [1.165, 1.54) is 6.07 Å². The molecule has 2 amide bonds. The Morgan fingerprint density at radius 3 is 2.70 bits per heavy atom. The highest BCUT2D eigenvalue weighted by Gasteiger charge is 2.41. The quantitative estimate of drug-likeness (QED) is 0.755. The van der Waals surface area contributed by atoms with E-state index in [1.54, 1.807) is 23.9 Å². The van der Waals surface area contributed by atoms with Crippen molar-refractivity contribution >= 4 is 45.4 Å². The number of thioether (sulfide) groups is 1. The van der Waals surface area contributed by atoms with E-state index in [0.29, 0.717) is 11.0 Å². The number of carbonyl (C=O) groups excluding carboxylic acids is 1. The van der Waals surface area contributed by atoms with Gasteiger partial charge in [-0.25, -0.2) is 9.59 Å². The van der Waals surface area contributed by atoms with Gasteiger partial charge in [-0.1, -0.05) is 6.07 Å². The van der Waals surface area contributed by atoms with Gasteiger partial charge in [0, 0.05) is 15.8 Å². The third-order valence-electron chi connectivity index (χ3n) is 3.29. The zero-order valence-corrected chi connectivity index (χ0v) is 13.3. The van der Waals surface area contributed by atoms with Gasteiger partial charge in [-0.2, -0.15) is 11.8 Å². The van der Waals surface area contributed by atoms with Crippen LogP contribution in [-0.2, 0) is 0 Å².